The van der Waals surface area contributed by atoms with Crippen LogP contribution in [0.3, 0.4) is 0 Å². The van der Waals surface area contributed by atoms with Crippen LogP contribution in [-0.4, -0.2) is 29.3 Å². The molecule has 4 nitrogen and oxygen atoms in total. The van der Waals surface area contributed by atoms with Gasteiger partial charge in [-0.1, -0.05) is 15.9 Å². The fourth-order valence-corrected chi connectivity index (χ4v) is 2.47. The molecule has 2 N–H and O–H groups in total. The summed E-state index contributed by atoms with van der Waals surface area (Å²) >= 11 is 3.29. The molecule has 5 heteroatoms. The number of benzene rings is 1. The number of carbonyl (C=O) groups is 1. The molecule has 1 aliphatic rings. The number of carboxylic acid groups (broad SMARTS) is 1. The number of hydrogen-bond donors (Lipinski definition) is 2. The highest BCUT2D eigenvalue weighted by Crippen LogP contribution is 2.31. The van der Waals surface area contributed by atoms with Crippen molar-refractivity contribution in [3.8, 4) is 0 Å². The molecule has 1 fully saturated rings. The van der Waals surface area contributed by atoms with E-state index in [1.807, 2.05) is 13.0 Å². The maximum absolute atomic E-state index is 11.2. The maximum atomic E-state index is 11.2. The van der Waals surface area contributed by atoms with Crippen LogP contribution < -0.4 is 5.32 Å². The Hall–Kier alpha value is -1.07. The third-order valence-corrected chi connectivity index (χ3v) is 4.01. The lowest BCUT2D eigenvalue weighted by molar-refractivity contribution is 0.0697. The van der Waals surface area contributed by atoms with Crippen LogP contribution in [0.15, 0.2) is 22.7 Å². The lowest BCUT2D eigenvalue weighted by Gasteiger charge is -2.30. The Morgan fingerprint density at radius 3 is 2.89 bits per heavy atom. The van der Waals surface area contributed by atoms with E-state index in [0.717, 1.165) is 10.9 Å². The largest absolute Gasteiger partial charge is 0.478 e. The SMILES string of the molecule is CC1OCCC1(C)Nc1ccc(Br)cc1C(=O)O. The van der Waals surface area contributed by atoms with E-state index < -0.39 is 5.97 Å². The number of anilines is 1. The van der Waals surface area contributed by atoms with Gasteiger partial charge in [-0.05, 0) is 38.5 Å². The molecule has 0 radical (unpaired) electrons. The van der Waals surface area contributed by atoms with E-state index in [1.165, 1.54) is 0 Å². The first-order valence-corrected chi connectivity index (χ1v) is 6.64. The molecule has 98 valence electrons. The molecule has 2 atom stereocenters. The topological polar surface area (TPSA) is 58.6 Å². The van der Waals surface area contributed by atoms with Crippen molar-refractivity contribution in [2.45, 2.75) is 31.9 Å². The van der Waals surface area contributed by atoms with Crippen molar-refractivity contribution in [3.63, 3.8) is 0 Å². The zero-order valence-electron chi connectivity index (χ0n) is 10.4. The Labute approximate surface area is 114 Å². The number of rotatable bonds is 3. The highest BCUT2D eigenvalue weighted by atomic mass is 79.9. The average molecular weight is 314 g/mol. The highest BCUT2D eigenvalue weighted by molar-refractivity contribution is 9.10. The lowest BCUT2D eigenvalue weighted by atomic mass is 9.93. The summed E-state index contributed by atoms with van der Waals surface area (Å²) in [5.74, 6) is -0.936. The first-order valence-electron chi connectivity index (χ1n) is 5.85. The molecule has 1 saturated heterocycles. The maximum Gasteiger partial charge on any atom is 0.337 e. The molecule has 0 amide bonds. The van der Waals surface area contributed by atoms with Gasteiger partial charge in [-0.2, -0.15) is 0 Å². The summed E-state index contributed by atoms with van der Waals surface area (Å²) in [6.45, 7) is 4.75. The smallest absolute Gasteiger partial charge is 0.337 e. The van der Waals surface area contributed by atoms with Crippen LogP contribution in [0.2, 0.25) is 0 Å². The quantitative estimate of drug-likeness (QED) is 0.900. The minimum absolute atomic E-state index is 0.0581. The molecule has 1 aromatic carbocycles. The molecule has 0 bridgehead atoms. The van der Waals surface area contributed by atoms with Gasteiger partial charge in [0.05, 0.1) is 17.2 Å². The minimum Gasteiger partial charge on any atom is -0.478 e. The number of nitrogens with one attached hydrogen (secondary N) is 1. The molecule has 0 aliphatic carbocycles. The monoisotopic (exact) mass is 313 g/mol. The van der Waals surface area contributed by atoms with Gasteiger partial charge in [0, 0.05) is 16.8 Å². The number of ether oxygens (including phenoxy) is 1. The average Bonchev–Trinajstić information content (AvgIpc) is 2.61. The number of carboxylic acids is 1. The van der Waals surface area contributed by atoms with Gasteiger partial charge in [-0.15, -0.1) is 0 Å². The zero-order chi connectivity index (χ0) is 13.3. The third-order valence-electron chi connectivity index (χ3n) is 3.52. The normalized spacial score (nSPS) is 27.2. The Balaban J connectivity index is 2.31. The molecular formula is C13H16BrNO3. The third kappa shape index (κ3) is 2.52. The Morgan fingerprint density at radius 2 is 2.33 bits per heavy atom. The molecule has 0 spiro atoms. The summed E-state index contributed by atoms with van der Waals surface area (Å²) in [6.07, 6.45) is 0.923. The fourth-order valence-electron chi connectivity index (χ4n) is 2.11. The van der Waals surface area contributed by atoms with Crippen molar-refractivity contribution in [2.24, 2.45) is 0 Å². The summed E-state index contributed by atoms with van der Waals surface area (Å²) in [5, 5.41) is 12.5. The standard InChI is InChI=1S/C13H16BrNO3/c1-8-13(2,5-6-18-8)15-11-4-3-9(14)7-10(11)12(16)17/h3-4,7-8,15H,5-6H2,1-2H3,(H,16,17). The number of hydrogen-bond acceptors (Lipinski definition) is 3. The van der Waals surface area contributed by atoms with E-state index in [1.54, 1.807) is 12.1 Å². The second-order valence-electron chi connectivity index (χ2n) is 4.80. The van der Waals surface area contributed by atoms with Crippen LogP contribution in [-0.2, 0) is 4.74 Å². The summed E-state index contributed by atoms with van der Waals surface area (Å²) < 4.78 is 6.30. The first-order chi connectivity index (χ1) is 8.42. The van der Waals surface area contributed by atoms with Gasteiger partial charge in [0.1, 0.15) is 0 Å². The molecule has 2 unspecified atom stereocenters. The van der Waals surface area contributed by atoms with E-state index in [0.29, 0.717) is 12.3 Å². The lowest BCUT2D eigenvalue weighted by Crippen LogP contribution is -2.41. The number of aromatic carboxylic acids is 1. The summed E-state index contributed by atoms with van der Waals surface area (Å²) in [7, 11) is 0. The van der Waals surface area contributed by atoms with Crippen molar-refractivity contribution in [2.75, 3.05) is 11.9 Å². The number of halogens is 1. The zero-order valence-corrected chi connectivity index (χ0v) is 12.0. The van der Waals surface area contributed by atoms with Crippen molar-refractivity contribution in [1.29, 1.82) is 0 Å². The molecule has 0 aromatic heterocycles. The van der Waals surface area contributed by atoms with E-state index in [-0.39, 0.29) is 17.2 Å². The molecule has 1 aliphatic heterocycles. The van der Waals surface area contributed by atoms with Gasteiger partial charge >= 0.3 is 5.97 Å². The van der Waals surface area contributed by atoms with Crippen molar-refractivity contribution < 1.29 is 14.6 Å². The molecule has 1 aromatic rings. The molecular weight excluding hydrogens is 298 g/mol. The van der Waals surface area contributed by atoms with Crippen molar-refractivity contribution in [1.82, 2.24) is 0 Å². The van der Waals surface area contributed by atoms with Crippen LogP contribution in [0, 0.1) is 0 Å². The molecule has 2 rings (SSSR count). The summed E-state index contributed by atoms with van der Waals surface area (Å²) in [6, 6.07) is 5.22. The van der Waals surface area contributed by atoms with E-state index in [2.05, 4.69) is 28.2 Å². The van der Waals surface area contributed by atoms with Gasteiger partial charge < -0.3 is 15.2 Å². The Morgan fingerprint density at radius 1 is 1.61 bits per heavy atom. The van der Waals surface area contributed by atoms with Gasteiger partial charge in [0.15, 0.2) is 0 Å². The van der Waals surface area contributed by atoms with Crippen LogP contribution in [0.5, 0.6) is 0 Å². The fraction of sp³-hybridized carbons (Fsp3) is 0.462. The predicted octanol–water partition coefficient (Wildman–Crippen LogP) is 3.13. The molecule has 1 heterocycles. The van der Waals surface area contributed by atoms with Gasteiger partial charge in [0.25, 0.3) is 0 Å². The van der Waals surface area contributed by atoms with Crippen molar-refractivity contribution in [3.05, 3.63) is 28.2 Å². The van der Waals surface area contributed by atoms with Gasteiger partial charge in [-0.3, -0.25) is 0 Å². The van der Waals surface area contributed by atoms with Crippen LogP contribution >= 0.6 is 15.9 Å². The van der Waals surface area contributed by atoms with Gasteiger partial charge in [0.2, 0.25) is 0 Å². The molecule has 0 saturated carbocycles. The predicted molar refractivity (Wildman–Crippen MR) is 73.2 cm³/mol. The van der Waals surface area contributed by atoms with Gasteiger partial charge in [-0.25, -0.2) is 4.79 Å². The highest BCUT2D eigenvalue weighted by Gasteiger charge is 2.37. The second kappa shape index (κ2) is 4.90. The van der Waals surface area contributed by atoms with E-state index in [4.69, 9.17) is 4.74 Å². The van der Waals surface area contributed by atoms with Crippen LogP contribution in [0.1, 0.15) is 30.6 Å². The Kier molecular flexibility index (Phi) is 3.64. The minimum atomic E-state index is -0.936. The first kappa shape index (κ1) is 13.4. The van der Waals surface area contributed by atoms with E-state index in [9.17, 15) is 9.90 Å². The Bertz CT molecular complexity index is 477. The van der Waals surface area contributed by atoms with Crippen LogP contribution in [0.4, 0.5) is 5.69 Å². The second-order valence-corrected chi connectivity index (χ2v) is 5.72. The summed E-state index contributed by atoms with van der Waals surface area (Å²) in [5.41, 5.74) is 0.674. The van der Waals surface area contributed by atoms with Crippen molar-refractivity contribution >= 4 is 27.6 Å². The van der Waals surface area contributed by atoms with E-state index >= 15 is 0 Å². The summed E-state index contributed by atoms with van der Waals surface area (Å²) in [4.78, 5) is 11.2. The van der Waals surface area contributed by atoms with Crippen LogP contribution in [0.25, 0.3) is 0 Å². The molecule has 18 heavy (non-hydrogen) atoms.